The smallest absolute Gasteiger partial charge is 0.301 e. The maximum atomic E-state index is 11.4. The molecule has 1 rings (SSSR count). The molecule has 1 N–H and O–H groups in total. The van der Waals surface area contributed by atoms with E-state index in [2.05, 4.69) is 10.3 Å². The van der Waals surface area contributed by atoms with E-state index >= 15 is 0 Å². The normalized spacial score (nSPS) is 10.1. The molecule has 0 aliphatic heterocycles. The van der Waals surface area contributed by atoms with Crippen molar-refractivity contribution in [1.29, 1.82) is 0 Å². The molecular formula is C10H13N3O4S. The quantitative estimate of drug-likeness (QED) is 0.342. The molecule has 0 radical (unpaired) electrons. The van der Waals surface area contributed by atoms with Crippen LogP contribution in [-0.4, -0.2) is 41.8 Å². The summed E-state index contributed by atoms with van der Waals surface area (Å²) in [6.07, 6.45) is 2.63. The molecule has 0 atom stereocenters. The molecule has 1 amide bonds. The highest BCUT2D eigenvalue weighted by molar-refractivity contribution is 8.00. The van der Waals surface area contributed by atoms with E-state index in [-0.39, 0.29) is 17.3 Å². The number of hydrogen-bond acceptors (Lipinski definition) is 6. The van der Waals surface area contributed by atoms with Crippen LogP contribution in [-0.2, 0) is 9.53 Å². The summed E-state index contributed by atoms with van der Waals surface area (Å²) in [4.78, 5) is 25.7. The predicted octanol–water partition coefficient (Wildman–Crippen LogP) is 0.845. The molecule has 1 aromatic rings. The number of amides is 1. The van der Waals surface area contributed by atoms with E-state index in [0.717, 1.165) is 11.8 Å². The van der Waals surface area contributed by atoms with E-state index in [0.29, 0.717) is 18.0 Å². The average molecular weight is 271 g/mol. The summed E-state index contributed by atoms with van der Waals surface area (Å²) in [7, 11) is 1.54. The fraction of sp³-hybridized carbons (Fsp3) is 0.400. The van der Waals surface area contributed by atoms with Crippen molar-refractivity contribution >= 4 is 23.4 Å². The van der Waals surface area contributed by atoms with Crippen LogP contribution in [0.25, 0.3) is 0 Å². The third-order valence-corrected chi connectivity index (χ3v) is 3.01. The zero-order valence-corrected chi connectivity index (χ0v) is 10.6. The third-order valence-electron chi connectivity index (χ3n) is 1.95. The first-order chi connectivity index (χ1) is 8.65. The van der Waals surface area contributed by atoms with Crippen molar-refractivity contribution in [1.82, 2.24) is 10.3 Å². The lowest BCUT2D eigenvalue weighted by atomic mass is 10.4. The molecule has 0 fully saturated rings. The minimum absolute atomic E-state index is 0.0906. The van der Waals surface area contributed by atoms with Gasteiger partial charge in [0.1, 0.15) is 6.20 Å². The summed E-state index contributed by atoms with van der Waals surface area (Å²) in [6, 6.07) is 1.52. The van der Waals surface area contributed by atoms with Crippen LogP contribution in [0.5, 0.6) is 0 Å². The van der Waals surface area contributed by atoms with E-state index in [1.54, 1.807) is 7.11 Å². The minimum atomic E-state index is -0.516. The van der Waals surface area contributed by atoms with Crippen LogP contribution >= 0.6 is 11.8 Å². The molecule has 0 spiro atoms. The lowest BCUT2D eigenvalue weighted by molar-refractivity contribution is -0.388. The van der Waals surface area contributed by atoms with Gasteiger partial charge in [-0.15, -0.1) is 11.8 Å². The van der Waals surface area contributed by atoms with Crippen molar-refractivity contribution in [3.63, 3.8) is 0 Å². The van der Waals surface area contributed by atoms with Gasteiger partial charge in [-0.05, 0) is 6.07 Å². The van der Waals surface area contributed by atoms with E-state index in [1.165, 1.54) is 18.5 Å². The number of carbonyl (C=O) groups excluding carboxylic acids is 1. The third kappa shape index (κ3) is 4.68. The Balaban J connectivity index is 2.48. The monoisotopic (exact) mass is 271 g/mol. The second-order valence-electron chi connectivity index (χ2n) is 3.23. The second kappa shape index (κ2) is 7.62. The number of nitrogens with one attached hydrogen (secondary N) is 1. The zero-order chi connectivity index (χ0) is 13.4. The molecule has 0 saturated carbocycles. The highest BCUT2D eigenvalue weighted by Gasteiger charge is 2.14. The highest BCUT2D eigenvalue weighted by Crippen LogP contribution is 2.27. The van der Waals surface area contributed by atoms with Gasteiger partial charge < -0.3 is 10.1 Å². The van der Waals surface area contributed by atoms with Gasteiger partial charge in [-0.3, -0.25) is 19.9 Å². The Bertz CT molecular complexity index is 427. The number of nitro groups is 1. The lowest BCUT2D eigenvalue weighted by Crippen LogP contribution is -2.28. The van der Waals surface area contributed by atoms with Crippen molar-refractivity contribution in [3.05, 3.63) is 28.6 Å². The number of nitrogens with zero attached hydrogens (tertiary/aromatic N) is 2. The predicted molar refractivity (Wildman–Crippen MR) is 66.5 cm³/mol. The molecule has 8 heteroatoms. The summed E-state index contributed by atoms with van der Waals surface area (Å²) >= 11 is 1.11. The summed E-state index contributed by atoms with van der Waals surface area (Å²) in [6.45, 7) is 0.861. The minimum Gasteiger partial charge on any atom is -0.383 e. The first kappa shape index (κ1) is 14.4. The van der Waals surface area contributed by atoms with Gasteiger partial charge in [0.05, 0.1) is 22.2 Å². The Kier molecular flexibility index (Phi) is 6.09. The zero-order valence-electron chi connectivity index (χ0n) is 9.79. The molecule has 0 unspecified atom stereocenters. The maximum Gasteiger partial charge on any atom is 0.301 e. The Morgan fingerprint density at radius 1 is 1.67 bits per heavy atom. The molecule has 18 heavy (non-hydrogen) atoms. The van der Waals surface area contributed by atoms with Gasteiger partial charge >= 0.3 is 5.69 Å². The van der Waals surface area contributed by atoms with Gasteiger partial charge in [-0.1, -0.05) is 0 Å². The van der Waals surface area contributed by atoms with Gasteiger partial charge in [-0.2, -0.15) is 0 Å². The fourth-order valence-electron chi connectivity index (χ4n) is 1.12. The SMILES string of the molecule is COCCNC(=O)CSc1ccncc1[N+](=O)[O-]. The number of rotatable bonds is 7. The largest absolute Gasteiger partial charge is 0.383 e. The van der Waals surface area contributed by atoms with Gasteiger partial charge in [0, 0.05) is 19.9 Å². The first-order valence-corrected chi connectivity index (χ1v) is 6.10. The van der Waals surface area contributed by atoms with E-state index in [1.807, 2.05) is 0 Å². The number of hydrogen-bond donors (Lipinski definition) is 1. The molecule has 0 aromatic carbocycles. The van der Waals surface area contributed by atoms with Crippen molar-refractivity contribution in [2.45, 2.75) is 4.90 Å². The second-order valence-corrected chi connectivity index (χ2v) is 4.25. The van der Waals surface area contributed by atoms with Crippen LogP contribution in [0.4, 0.5) is 5.69 Å². The molecule has 98 valence electrons. The standard InChI is InChI=1S/C10H13N3O4S/c1-17-5-4-12-10(14)7-18-9-2-3-11-6-8(9)13(15)16/h2-3,6H,4-5,7H2,1H3,(H,12,14). The molecule has 0 aliphatic rings. The Morgan fingerprint density at radius 2 is 2.44 bits per heavy atom. The van der Waals surface area contributed by atoms with Crippen LogP contribution in [0.2, 0.25) is 0 Å². The first-order valence-electron chi connectivity index (χ1n) is 5.12. The van der Waals surface area contributed by atoms with Gasteiger partial charge in [-0.25, -0.2) is 0 Å². The number of carbonyl (C=O) groups is 1. The number of methoxy groups -OCH3 is 1. The Hall–Kier alpha value is -1.67. The van der Waals surface area contributed by atoms with Crippen LogP contribution in [0.3, 0.4) is 0 Å². The Morgan fingerprint density at radius 3 is 3.11 bits per heavy atom. The van der Waals surface area contributed by atoms with Crippen LogP contribution in [0.15, 0.2) is 23.4 Å². The summed E-state index contributed by atoms with van der Waals surface area (Å²) in [5.74, 6) is -0.0719. The average Bonchev–Trinajstić information content (AvgIpc) is 2.37. The van der Waals surface area contributed by atoms with Gasteiger partial charge in [0.15, 0.2) is 0 Å². The molecule has 1 aromatic heterocycles. The number of thioether (sulfide) groups is 1. The van der Waals surface area contributed by atoms with Crippen molar-refractivity contribution in [2.75, 3.05) is 26.0 Å². The van der Waals surface area contributed by atoms with Crippen molar-refractivity contribution < 1.29 is 14.5 Å². The summed E-state index contributed by atoms with van der Waals surface area (Å²) < 4.78 is 4.79. The molecule has 7 nitrogen and oxygen atoms in total. The topological polar surface area (TPSA) is 94.4 Å². The lowest BCUT2D eigenvalue weighted by Gasteiger charge is -2.04. The van der Waals surface area contributed by atoms with Crippen LogP contribution in [0, 0.1) is 10.1 Å². The van der Waals surface area contributed by atoms with E-state index in [4.69, 9.17) is 4.74 Å². The molecule has 0 aliphatic carbocycles. The maximum absolute atomic E-state index is 11.4. The molecule has 0 saturated heterocycles. The molecule has 1 heterocycles. The number of aromatic nitrogens is 1. The van der Waals surface area contributed by atoms with Crippen LogP contribution < -0.4 is 5.32 Å². The number of pyridine rings is 1. The summed E-state index contributed by atoms with van der Waals surface area (Å²) in [5, 5.41) is 13.3. The van der Waals surface area contributed by atoms with E-state index in [9.17, 15) is 14.9 Å². The Labute approximate surface area is 108 Å². The molecule has 0 bridgehead atoms. The molecular weight excluding hydrogens is 258 g/mol. The number of ether oxygens (including phenoxy) is 1. The highest BCUT2D eigenvalue weighted by atomic mass is 32.2. The fourth-order valence-corrected chi connectivity index (χ4v) is 1.94. The van der Waals surface area contributed by atoms with E-state index < -0.39 is 4.92 Å². The van der Waals surface area contributed by atoms with Crippen LogP contribution in [0.1, 0.15) is 0 Å². The summed E-state index contributed by atoms with van der Waals surface area (Å²) in [5.41, 5.74) is -0.0906. The van der Waals surface area contributed by atoms with Crippen molar-refractivity contribution in [3.8, 4) is 0 Å². The van der Waals surface area contributed by atoms with Crippen molar-refractivity contribution in [2.24, 2.45) is 0 Å². The van der Waals surface area contributed by atoms with Gasteiger partial charge in [0.25, 0.3) is 0 Å². The van der Waals surface area contributed by atoms with Gasteiger partial charge in [0.2, 0.25) is 5.91 Å².